The molecule has 0 radical (unpaired) electrons. The average Bonchev–Trinajstić information content (AvgIpc) is 2.14. The molecule has 0 N–H and O–H groups in total. The second kappa shape index (κ2) is 4.70. The van der Waals surface area contributed by atoms with Crippen LogP contribution in [0.2, 0.25) is 5.02 Å². The first-order valence-corrected chi connectivity index (χ1v) is 4.73. The van der Waals surface area contributed by atoms with E-state index in [4.69, 9.17) is 11.6 Å². The summed E-state index contributed by atoms with van der Waals surface area (Å²) in [6, 6.07) is 2.99. The van der Waals surface area contributed by atoms with Crippen LogP contribution in [0.5, 0.6) is 0 Å². The summed E-state index contributed by atoms with van der Waals surface area (Å²) >= 11 is 5.59. The number of hydrogen-bond acceptors (Lipinski definition) is 2. The van der Waals surface area contributed by atoms with E-state index < -0.39 is 12.7 Å². The van der Waals surface area contributed by atoms with Crippen molar-refractivity contribution in [3.05, 3.63) is 23.4 Å². The minimum absolute atomic E-state index is 0.244. The highest BCUT2D eigenvalue weighted by Gasteiger charge is 2.30. The number of aromatic nitrogens is 1. The van der Waals surface area contributed by atoms with Crippen LogP contribution in [0.4, 0.5) is 19.0 Å². The Morgan fingerprint density at radius 3 is 2.47 bits per heavy atom. The Morgan fingerprint density at radius 1 is 1.40 bits per heavy atom. The van der Waals surface area contributed by atoms with Gasteiger partial charge in [-0.05, 0) is 19.1 Å². The molecule has 1 rings (SSSR count). The summed E-state index contributed by atoms with van der Waals surface area (Å²) < 4.78 is 36.5. The second-order valence-electron chi connectivity index (χ2n) is 2.96. The lowest BCUT2D eigenvalue weighted by atomic mass is 10.4. The molecule has 1 aromatic rings. The minimum atomic E-state index is -4.22. The van der Waals surface area contributed by atoms with Crippen molar-refractivity contribution >= 4 is 17.4 Å². The summed E-state index contributed by atoms with van der Waals surface area (Å²) in [6.45, 7) is 0.883. The van der Waals surface area contributed by atoms with E-state index in [1.54, 1.807) is 6.92 Å². The van der Waals surface area contributed by atoms with Crippen LogP contribution in [-0.2, 0) is 0 Å². The third-order valence-electron chi connectivity index (χ3n) is 1.79. The number of nitrogens with zero attached hydrogens (tertiary/aromatic N) is 2. The van der Waals surface area contributed by atoms with Crippen LogP contribution in [0.1, 0.15) is 6.92 Å². The standard InChI is InChI=1S/C9H10ClF3N2/c1-2-15(6-9(11,12)13)8-4-3-7(10)5-14-8/h3-5H,2,6H2,1H3. The molecule has 0 aliphatic carbocycles. The third-order valence-corrected chi connectivity index (χ3v) is 2.01. The topological polar surface area (TPSA) is 16.1 Å². The largest absolute Gasteiger partial charge is 0.405 e. The quantitative estimate of drug-likeness (QED) is 0.804. The average molecular weight is 239 g/mol. The number of hydrogen-bond donors (Lipinski definition) is 0. The zero-order chi connectivity index (χ0) is 11.5. The van der Waals surface area contributed by atoms with Crippen molar-refractivity contribution in [2.45, 2.75) is 13.1 Å². The van der Waals surface area contributed by atoms with Gasteiger partial charge in [-0.2, -0.15) is 13.2 Å². The van der Waals surface area contributed by atoms with E-state index in [9.17, 15) is 13.2 Å². The summed E-state index contributed by atoms with van der Waals surface area (Å²) in [6.07, 6.45) is -2.90. The Bertz CT molecular complexity index is 310. The van der Waals surface area contributed by atoms with Crippen molar-refractivity contribution in [2.75, 3.05) is 18.0 Å². The zero-order valence-electron chi connectivity index (χ0n) is 8.05. The van der Waals surface area contributed by atoms with Gasteiger partial charge < -0.3 is 4.90 Å². The van der Waals surface area contributed by atoms with Crippen molar-refractivity contribution in [1.82, 2.24) is 4.98 Å². The third kappa shape index (κ3) is 3.95. The molecule has 0 aliphatic heterocycles. The van der Waals surface area contributed by atoms with Gasteiger partial charge in [0.1, 0.15) is 12.4 Å². The smallest absolute Gasteiger partial charge is 0.348 e. The first kappa shape index (κ1) is 12.1. The fourth-order valence-corrected chi connectivity index (χ4v) is 1.24. The first-order chi connectivity index (χ1) is 6.92. The van der Waals surface area contributed by atoms with E-state index in [2.05, 4.69) is 4.98 Å². The van der Waals surface area contributed by atoms with E-state index in [1.807, 2.05) is 0 Å². The molecule has 0 amide bonds. The van der Waals surface area contributed by atoms with Gasteiger partial charge in [0.15, 0.2) is 0 Å². The highest BCUT2D eigenvalue weighted by molar-refractivity contribution is 6.30. The lowest BCUT2D eigenvalue weighted by Crippen LogP contribution is -2.34. The van der Waals surface area contributed by atoms with Gasteiger partial charge in [-0.25, -0.2) is 4.98 Å². The molecular formula is C9H10ClF3N2. The number of halogens is 4. The summed E-state index contributed by atoms with van der Waals surface area (Å²) in [5, 5.41) is 0.404. The molecule has 1 heterocycles. The summed E-state index contributed by atoms with van der Waals surface area (Å²) in [5.74, 6) is 0.277. The van der Waals surface area contributed by atoms with Crippen LogP contribution in [0.3, 0.4) is 0 Å². The molecule has 15 heavy (non-hydrogen) atoms. The van der Waals surface area contributed by atoms with Gasteiger partial charge in [-0.15, -0.1) is 0 Å². The maximum atomic E-state index is 12.2. The van der Waals surface area contributed by atoms with Crippen LogP contribution in [0.15, 0.2) is 18.3 Å². The predicted octanol–water partition coefficient (Wildman–Crippen LogP) is 3.12. The highest BCUT2D eigenvalue weighted by Crippen LogP contribution is 2.21. The van der Waals surface area contributed by atoms with Crippen LogP contribution in [0, 0.1) is 0 Å². The van der Waals surface area contributed by atoms with E-state index in [0.717, 1.165) is 4.90 Å². The zero-order valence-corrected chi connectivity index (χ0v) is 8.81. The summed E-state index contributed by atoms with van der Waals surface area (Å²) in [7, 11) is 0. The lowest BCUT2D eigenvalue weighted by Gasteiger charge is -2.23. The Hall–Kier alpha value is -0.970. The van der Waals surface area contributed by atoms with Gasteiger partial charge in [-0.3, -0.25) is 0 Å². The van der Waals surface area contributed by atoms with Gasteiger partial charge in [0.25, 0.3) is 0 Å². The molecule has 0 bridgehead atoms. The molecule has 0 fully saturated rings. The number of pyridine rings is 1. The molecule has 84 valence electrons. The molecule has 0 saturated heterocycles. The van der Waals surface area contributed by atoms with Crippen LogP contribution in [0.25, 0.3) is 0 Å². The fraction of sp³-hybridized carbons (Fsp3) is 0.444. The molecule has 0 aromatic carbocycles. The summed E-state index contributed by atoms with van der Waals surface area (Å²) in [4.78, 5) is 4.96. The number of alkyl halides is 3. The van der Waals surface area contributed by atoms with E-state index in [0.29, 0.717) is 5.02 Å². The van der Waals surface area contributed by atoms with Crippen LogP contribution < -0.4 is 4.90 Å². The van der Waals surface area contributed by atoms with Gasteiger partial charge in [-0.1, -0.05) is 11.6 Å². The second-order valence-corrected chi connectivity index (χ2v) is 3.40. The molecule has 0 spiro atoms. The Kier molecular flexibility index (Phi) is 3.79. The normalized spacial score (nSPS) is 11.5. The molecule has 2 nitrogen and oxygen atoms in total. The van der Waals surface area contributed by atoms with Gasteiger partial charge >= 0.3 is 6.18 Å². The SMILES string of the molecule is CCN(CC(F)(F)F)c1ccc(Cl)cn1. The molecular weight excluding hydrogens is 229 g/mol. The number of rotatable bonds is 3. The van der Waals surface area contributed by atoms with Gasteiger partial charge in [0.05, 0.1) is 5.02 Å². The minimum Gasteiger partial charge on any atom is -0.348 e. The monoisotopic (exact) mass is 238 g/mol. The van der Waals surface area contributed by atoms with Crippen molar-refractivity contribution in [3.63, 3.8) is 0 Å². The number of anilines is 1. The Balaban J connectivity index is 2.79. The van der Waals surface area contributed by atoms with Crippen molar-refractivity contribution in [1.29, 1.82) is 0 Å². The van der Waals surface area contributed by atoms with Crippen LogP contribution in [-0.4, -0.2) is 24.2 Å². The maximum Gasteiger partial charge on any atom is 0.405 e. The van der Waals surface area contributed by atoms with Crippen molar-refractivity contribution in [3.8, 4) is 0 Å². The van der Waals surface area contributed by atoms with Gasteiger partial charge in [0.2, 0.25) is 0 Å². The molecule has 0 atom stereocenters. The van der Waals surface area contributed by atoms with Crippen molar-refractivity contribution < 1.29 is 13.2 Å². The molecule has 0 aliphatic rings. The summed E-state index contributed by atoms with van der Waals surface area (Å²) in [5.41, 5.74) is 0. The fourth-order valence-electron chi connectivity index (χ4n) is 1.13. The molecule has 1 aromatic heterocycles. The predicted molar refractivity (Wildman–Crippen MR) is 53.2 cm³/mol. The van der Waals surface area contributed by atoms with E-state index >= 15 is 0 Å². The van der Waals surface area contributed by atoms with Gasteiger partial charge in [0, 0.05) is 12.7 Å². The Labute approximate surface area is 90.7 Å². The van der Waals surface area contributed by atoms with Crippen molar-refractivity contribution in [2.24, 2.45) is 0 Å². The van der Waals surface area contributed by atoms with Crippen LogP contribution >= 0.6 is 11.6 Å². The van der Waals surface area contributed by atoms with E-state index in [-0.39, 0.29) is 12.4 Å². The Morgan fingerprint density at radius 2 is 2.07 bits per heavy atom. The highest BCUT2D eigenvalue weighted by atomic mass is 35.5. The maximum absolute atomic E-state index is 12.2. The lowest BCUT2D eigenvalue weighted by molar-refractivity contribution is -0.119. The first-order valence-electron chi connectivity index (χ1n) is 4.35. The molecule has 0 saturated carbocycles. The van der Waals surface area contributed by atoms with E-state index in [1.165, 1.54) is 18.3 Å². The molecule has 0 unspecified atom stereocenters. The molecule has 6 heteroatoms.